The SMILES string of the molecule is COCC(CCCN)N1CCC(OCCO)CC1. The van der Waals surface area contributed by atoms with Gasteiger partial charge in [-0.1, -0.05) is 0 Å². The average Bonchev–Trinajstić information content (AvgIpc) is 2.42. The van der Waals surface area contributed by atoms with Gasteiger partial charge in [-0.15, -0.1) is 0 Å². The van der Waals surface area contributed by atoms with Gasteiger partial charge in [0.2, 0.25) is 0 Å². The van der Waals surface area contributed by atoms with E-state index in [2.05, 4.69) is 4.90 Å². The fourth-order valence-corrected chi connectivity index (χ4v) is 2.54. The van der Waals surface area contributed by atoms with Crippen molar-refractivity contribution in [2.75, 3.05) is 46.6 Å². The highest BCUT2D eigenvalue weighted by molar-refractivity contribution is 4.79. The molecule has 0 radical (unpaired) electrons. The monoisotopic (exact) mass is 260 g/mol. The molecule has 1 fully saturated rings. The molecule has 0 aliphatic carbocycles. The normalized spacial score (nSPS) is 20.2. The number of likely N-dealkylation sites (tertiary alicyclic amines) is 1. The van der Waals surface area contributed by atoms with Gasteiger partial charge in [0, 0.05) is 26.2 Å². The van der Waals surface area contributed by atoms with E-state index < -0.39 is 0 Å². The third-order valence-electron chi connectivity index (χ3n) is 3.54. The van der Waals surface area contributed by atoms with Gasteiger partial charge >= 0.3 is 0 Å². The quantitative estimate of drug-likeness (QED) is 0.620. The molecule has 108 valence electrons. The Kier molecular flexibility index (Phi) is 8.54. The summed E-state index contributed by atoms with van der Waals surface area (Å²) >= 11 is 0. The zero-order chi connectivity index (χ0) is 13.2. The molecular formula is C13H28N2O3. The molecule has 5 nitrogen and oxygen atoms in total. The van der Waals surface area contributed by atoms with Crippen LogP contribution in [0.15, 0.2) is 0 Å². The minimum atomic E-state index is 0.114. The number of methoxy groups -OCH3 is 1. The van der Waals surface area contributed by atoms with Crippen LogP contribution in [0.25, 0.3) is 0 Å². The van der Waals surface area contributed by atoms with Crippen LogP contribution >= 0.6 is 0 Å². The molecule has 3 N–H and O–H groups in total. The lowest BCUT2D eigenvalue weighted by atomic mass is 10.0. The number of hydrogen-bond acceptors (Lipinski definition) is 5. The van der Waals surface area contributed by atoms with Crippen LogP contribution in [0, 0.1) is 0 Å². The minimum absolute atomic E-state index is 0.114. The molecule has 5 heteroatoms. The highest BCUT2D eigenvalue weighted by atomic mass is 16.5. The fourth-order valence-electron chi connectivity index (χ4n) is 2.54. The molecule has 0 amide bonds. The third kappa shape index (κ3) is 5.63. The van der Waals surface area contributed by atoms with Crippen LogP contribution in [-0.4, -0.2) is 68.7 Å². The van der Waals surface area contributed by atoms with E-state index in [1.165, 1.54) is 0 Å². The summed E-state index contributed by atoms with van der Waals surface area (Å²) in [5.41, 5.74) is 5.58. The first kappa shape index (κ1) is 15.9. The van der Waals surface area contributed by atoms with Crippen LogP contribution in [0.5, 0.6) is 0 Å². The van der Waals surface area contributed by atoms with Gasteiger partial charge in [-0.3, -0.25) is 4.90 Å². The molecule has 0 bridgehead atoms. The Morgan fingerprint density at radius 1 is 1.39 bits per heavy atom. The summed E-state index contributed by atoms with van der Waals surface area (Å²) < 4.78 is 10.9. The van der Waals surface area contributed by atoms with E-state index in [4.69, 9.17) is 20.3 Å². The first-order valence-corrected chi connectivity index (χ1v) is 6.97. The van der Waals surface area contributed by atoms with Crippen molar-refractivity contribution in [2.24, 2.45) is 5.73 Å². The molecule has 1 unspecified atom stereocenters. The van der Waals surface area contributed by atoms with Crippen LogP contribution in [0.2, 0.25) is 0 Å². The van der Waals surface area contributed by atoms with E-state index in [0.717, 1.165) is 51.9 Å². The van der Waals surface area contributed by atoms with Crippen LogP contribution < -0.4 is 5.73 Å². The number of nitrogens with two attached hydrogens (primary N) is 1. The zero-order valence-electron chi connectivity index (χ0n) is 11.5. The first-order chi connectivity index (χ1) is 8.81. The molecule has 0 aromatic rings. The molecule has 1 heterocycles. The lowest BCUT2D eigenvalue weighted by Gasteiger charge is -2.37. The molecule has 0 spiro atoms. The summed E-state index contributed by atoms with van der Waals surface area (Å²) in [5.74, 6) is 0. The van der Waals surface area contributed by atoms with Gasteiger partial charge in [0.15, 0.2) is 0 Å². The van der Waals surface area contributed by atoms with Crippen LogP contribution in [0.4, 0.5) is 0 Å². The second-order valence-corrected chi connectivity index (χ2v) is 4.87. The lowest BCUT2D eigenvalue weighted by Crippen LogP contribution is -2.45. The molecule has 18 heavy (non-hydrogen) atoms. The summed E-state index contributed by atoms with van der Waals surface area (Å²) in [4.78, 5) is 2.48. The zero-order valence-corrected chi connectivity index (χ0v) is 11.5. The summed E-state index contributed by atoms with van der Waals surface area (Å²) in [6.45, 7) is 4.20. The van der Waals surface area contributed by atoms with E-state index >= 15 is 0 Å². The topological polar surface area (TPSA) is 68.0 Å². The third-order valence-corrected chi connectivity index (χ3v) is 3.54. The molecule has 1 aliphatic rings. The van der Waals surface area contributed by atoms with E-state index in [1.54, 1.807) is 7.11 Å². The van der Waals surface area contributed by atoms with E-state index in [-0.39, 0.29) is 6.61 Å². The van der Waals surface area contributed by atoms with Gasteiger partial charge in [0.1, 0.15) is 0 Å². The predicted molar refractivity (Wildman–Crippen MR) is 71.6 cm³/mol. The van der Waals surface area contributed by atoms with Crippen molar-refractivity contribution in [3.05, 3.63) is 0 Å². The molecule has 1 rings (SSSR count). The molecule has 0 saturated carbocycles. The van der Waals surface area contributed by atoms with Gasteiger partial charge in [-0.2, -0.15) is 0 Å². The van der Waals surface area contributed by atoms with Crippen LogP contribution in [-0.2, 0) is 9.47 Å². The lowest BCUT2D eigenvalue weighted by molar-refractivity contribution is -0.0238. The Hall–Kier alpha value is -0.200. The maximum Gasteiger partial charge on any atom is 0.0701 e. The van der Waals surface area contributed by atoms with Gasteiger partial charge in [-0.05, 0) is 32.2 Å². The smallest absolute Gasteiger partial charge is 0.0701 e. The molecule has 0 aromatic carbocycles. The number of aliphatic hydroxyl groups is 1. The highest BCUT2D eigenvalue weighted by Gasteiger charge is 2.24. The fraction of sp³-hybridized carbons (Fsp3) is 1.00. The Balaban J connectivity index is 2.28. The summed E-state index contributed by atoms with van der Waals surface area (Å²) in [6, 6.07) is 0.484. The summed E-state index contributed by atoms with van der Waals surface area (Å²) in [7, 11) is 1.76. The predicted octanol–water partition coefficient (Wildman–Crippen LogP) is 0.214. The molecular weight excluding hydrogens is 232 g/mol. The van der Waals surface area contributed by atoms with Gasteiger partial charge < -0.3 is 20.3 Å². The second kappa shape index (κ2) is 9.69. The van der Waals surface area contributed by atoms with E-state index in [0.29, 0.717) is 18.8 Å². The van der Waals surface area contributed by atoms with Gasteiger partial charge in [0.05, 0.1) is 25.9 Å². The molecule has 1 saturated heterocycles. The summed E-state index contributed by atoms with van der Waals surface area (Å²) in [5, 5.41) is 8.74. The van der Waals surface area contributed by atoms with Crippen molar-refractivity contribution in [2.45, 2.75) is 37.8 Å². The molecule has 1 aliphatic heterocycles. The van der Waals surface area contributed by atoms with Crippen molar-refractivity contribution in [3.63, 3.8) is 0 Å². The highest BCUT2D eigenvalue weighted by Crippen LogP contribution is 2.18. The summed E-state index contributed by atoms with van der Waals surface area (Å²) in [6.07, 6.45) is 4.55. The maximum absolute atomic E-state index is 8.74. The van der Waals surface area contributed by atoms with E-state index in [9.17, 15) is 0 Å². The first-order valence-electron chi connectivity index (χ1n) is 6.97. The maximum atomic E-state index is 8.74. The van der Waals surface area contributed by atoms with Crippen molar-refractivity contribution < 1.29 is 14.6 Å². The number of piperidine rings is 1. The van der Waals surface area contributed by atoms with Crippen LogP contribution in [0.3, 0.4) is 0 Å². The Morgan fingerprint density at radius 3 is 2.67 bits per heavy atom. The van der Waals surface area contributed by atoms with Crippen molar-refractivity contribution in [1.29, 1.82) is 0 Å². The van der Waals surface area contributed by atoms with Gasteiger partial charge in [0.25, 0.3) is 0 Å². The number of nitrogens with zero attached hydrogens (tertiary/aromatic N) is 1. The van der Waals surface area contributed by atoms with Crippen molar-refractivity contribution in [3.8, 4) is 0 Å². The Morgan fingerprint density at radius 2 is 2.11 bits per heavy atom. The average molecular weight is 260 g/mol. The minimum Gasteiger partial charge on any atom is -0.394 e. The number of aliphatic hydroxyl groups excluding tert-OH is 1. The van der Waals surface area contributed by atoms with Gasteiger partial charge in [-0.25, -0.2) is 0 Å². The van der Waals surface area contributed by atoms with Crippen molar-refractivity contribution in [1.82, 2.24) is 4.90 Å². The number of hydrogen-bond donors (Lipinski definition) is 2. The Bertz CT molecular complexity index is 197. The molecule has 1 atom stereocenters. The van der Waals surface area contributed by atoms with E-state index in [1.807, 2.05) is 0 Å². The largest absolute Gasteiger partial charge is 0.394 e. The second-order valence-electron chi connectivity index (χ2n) is 4.87. The standard InChI is InChI=1S/C13H28N2O3/c1-17-11-12(3-2-6-14)15-7-4-13(5-8-15)18-10-9-16/h12-13,16H,2-11,14H2,1H3. The van der Waals surface area contributed by atoms with Crippen molar-refractivity contribution >= 4 is 0 Å². The Labute approximate surface area is 110 Å². The number of rotatable bonds is 9. The molecule has 0 aromatic heterocycles. The number of ether oxygens (including phenoxy) is 2. The van der Waals surface area contributed by atoms with Crippen LogP contribution in [0.1, 0.15) is 25.7 Å².